The van der Waals surface area contributed by atoms with Crippen molar-refractivity contribution in [3.05, 3.63) is 23.8 Å². The van der Waals surface area contributed by atoms with Crippen LogP contribution in [0.3, 0.4) is 0 Å². The van der Waals surface area contributed by atoms with Crippen molar-refractivity contribution >= 4 is 5.78 Å². The zero-order chi connectivity index (χ0) is 12.3. The maximum absolute atomic E-state index is 11.4. The molecule has 0 N–H and O–H groups in total. The summed E-state index contributed by atoms with van der Waals surface area (Å²) in [5.41, 5.74) is 0.451. The van der Waals surface area contributed by atoms with Gasteiger partial charge in [0.1, 0.15) is 6.61 Å². The number of rotatable bonds is 3. The molecule has 1 atom stereocenters. The molecule has 0 aromatic heterocycles. The Labute approximate surface area is 98.5 Å². The van der Waals surface area contributed by atoms with Crippen molar-refractivity contribution in [2.45, 2.75) is 6.10 Å². The van der Waals surface area contributed by atoms with E-state index in [1.165, 1.54) is 7.11 Å². The number of nitrogens with zero attached hydrogens (tertiary/aromatic N) is 1. The van der Waals surface area contributed by atoms with Crippen LogP contribution in [0.15, 0.2) is 18.2 Å². The SMILES string of the molecule is COc1ccc(C#N)cc1OC1COCC1=O. The van der Waals surface area contributed by atoms with Gasteiger partial charge in [0.05, 0.1) is 25.3 Å². The summed E-state index contributed by atoms with van der Waals surface area (Å²) in [6.45, 7) is 0.309. The molecule has 0 bridgehead atoms. The molecular formula is C12H11NO4. The van der Waals surface area contributed by atoms with Gasteiger partial charge in [0, 0.05) is 6.07 Å². The fourth-order valence-corrected chi connectivity index (χ4v) is 1.54. The Morgan fingerprint density at radius 3 is 2.88 bits per heavy atom. The number of carbonyl (C=O) groups is 1. The summed E-state index contributed by atoms with van der Waals surface area (Å²) in [5, 5.41) is 8.80. The molecule has 0 amide bonds. The van der Waals surface area contributed by atoms with Crippen LogP contribution in [0, 0.1) is 11.3 Å². The molecule has 0 saturated carbocycles. The lowest BCUT2D eigenvalue weighted by molar-refractivity contribution is -0.122. The molecule has 1 aromatic carbocycles. The molecule has 2 rings (SSSR count). The molecule has 1 aliphatic rings. The second kappa shape index (κ2) is 4.85. The van der Waals surface area contributed by atoms with Crippen LogP contribution in [0.25, 0.3) is 0 Å². The van der Waals surface area contributed by atoms with Gasteiger partial charge in [-0.3, -0.25) is 4.79 Å². The standard InChI is InChI=1S/C12H11NO4/c1-15-10-3-2-8(5-13)4-11(10)17-12-7-16-6-9(12)14/h2-4,12H,6-7H2,1H3. The summed E-state index contributed by atoms with van der Waals surface area (Å²) in [6.07, 6.45) is -0.613. The van der Waals surface area contributed by atoms with E-state index in [0.717, 1.165) is 0 Å². The Bertz CT molecular complexity index is 478. The Balaban J connectivity index is 2.24. The molecule has 5 heteroatoms. The predicted octanol–water partition coefficient (Wildman–Crippen LogP) is 0.914. The quantitative estimate of drug-likeness (QED) is 0.776. The number of carbonyl (C=O) groups excluding carboxylic acids is 1. The highest BCUT2D eigenvalue weighted by molar-refractivity contribution is 5.86. The van der Waals surface area contributed by atoms with E-state index in [0.29, 0.717) is 17.1 Å². The monoisotopic (exact) mass is 233 g/mol. The van der Waals surface area contributed by atoms with E-state index < -0.39 is 6.10 Å². The molecule has 5 nitrogen and oxygen atoms in total. The van der Waals surface area contributed by atoms with Crippen molar-refractivity contribution in [1.29, 1.82) is 5.26 Å². The number of benzene rings is 1. The minimum atomic E-state index is -0.613. The van der Waals surface area contributed by atoms with Gasteiger partial charge in [-0.15, -0.1) is 0 Å². The number of hydrogen-bond acceptors (Lipinski definition) is 5. The number of Topliss-reactive ketones (excluding diaryl/α,β-unsaturated/α-hetero) is 1. The van der Waals surface area contributed by atoms with E-state index in [1.807, 2.05) is 6.07 Å². The average molecular weight is 233 g/mol. The minimum absolute atomic E-state index is 0.0743. The Hall–Kier alpha value is -2.06. The van der Waals surface area contributed by atoms with Gasteiger partial charge < -0.3 is 14.2 Å². The van der Waals surface area contributed by atoms with Crippen LogP contribution in [0.1, 0.15) is 5.56 Å². The van der Waals surface area contributed by atoms with E-state index in [9.17, 15) is 4.79 Å². The summed E-state index contributed by atoms with van der Waals surface area (Å²) < 4.78 is 15.6. The number of methoxy groups -OCH3 is 1. The van der Waals surface area contributed by atoms with Gasteiger partial charge in [-0.1, -0.05) is 0 Å². The molecular weight excluding hydrogens is 222 g/mol. The Morgan fingerprint density at radius 1 is 1.47 bits per heavy atom. The van der Waals surface area contributed by atoms with Gasteiger partial charge in [-0.05, 0) is 12.1 Å². The third-order valence-corrected chi connectivity index (χ3v) is 2.43. The van der Waals surface area contributed by atoms with Crippen molar-refractivity contribution in [2.75, 3.05) is 20.3 Å². The first-order valence-corrected chi connectivity index (χ1v) is 5.10. The first kappa shape index (κ1) is 11.4. The number of nitriles is 1. The van der Waals surface area contributed by atoms with E-state index in [1.54, 1.807) is 18.2 Å². The highest BCUT2D eigenvalue weighted by Gasteiger charge is 2.28. The maximum atomic E-state index is 11.4. The molecule has 1 aliphatic heterocycles. The van der Waals surface area contributed by atoms with Crippen LogP contribution in [0.5, 0.6) is 11.5 Å². The number of hydrogen-bond donors (Lipinski definition) is 0. The van der Waals surface area contributed by atoms with Crippen LogP contribution in [-0.4, -0.2) is 32.2 Å². The Kier molecular flexibility index (Phi) is 3.26. The molecule has 1 fully saturated rings. The van der Waals surface area contributed by atoms with Crippen molar-refractivity contribution < 1.29 is 19.0 Å². The van der Waals surface area contributed by atoms with Crippen molar-refractivity contribution in [3.8, 4) is 17.6 Å². The third kappa shape index (κ3) is 2.37. The maximum Gasteiger partial charge on any atom is 0.201 e. The van der Waals surface area contributed by atoms with E-state index >= 15 is 0 Å². The smallest absolute Gasteiger partial charge is 0.201 e. The Morgan fingerprint density at radius 2 is 2.29 bits per heavy atom. The highest BCUT2D eigenvalue weighted by atomic mass is 16.6. The molecule has 0 spiro atoms. The zero-order valence-electron chi connectivity index (χ0n) is 9.30. The van der Waals surface area contributed by atoms with Gasteiger partial charge in [0.2, 0.25) is 5.78 Å². The van der Waals surface area contributed by atoms with Crippen LogP contribution < -0.4 is 9.47 Å². The van der Waals surface area contributed by atoms with Gasteiger partial charge in [0.25, 0.3) is 0 Å². The van der Waals surface area contributed by atoms with Crippen LogP contribution >= 0.6 is 0 Å². The van der Waals surface area contributed by atoms with Crippen molar-refractivity contribution in [2.24, 2.45) is 0 Å². The zero-order valence-corrected chi connectivity index (χ0v) is 9.30. The summed E-state index contributed by atoms with van der Waals surface area (Å²) >= 11 is 0. The van der Waals surface area contributed by atoms with Gasteiger partial charge in [-0.2, -0.15) is 5.26 Å². The molecule has 88 valence electrons. The first-order valence-electron chi connectivity index (χ1n) is 5.10. The fraction of sp³-hybridized carbons (Fsp3) is 0.333. The molecule has 1 saturated heterocycles. The lowest BCUT2D eigenvalue weighted by Crippen LogP contribution is -2.25. The van der Waals surface area contributed by atoms with Crippen molar-refractivity contribution in [1.82, 2.24) is 0 Å². The molecule has 0 aliphatic carbocycles. The van der Waals surface area contributed by atoms with Gasteiger partial charge in [0.15, 0.2) is 17.6 Å². The molecule has 0 radical (unpaired) electrons. The number of ketones is 1. The molecule has 1 heterocycles. The van der Waals surface area contributed by atoms with Gasteiger partial charge in [-0.25, -0.2) is 0 Å². The summed E-state index contributed by atoms with van der Waals surface area (Å²) in [4.78, 5) is 11.4. The molecule has 17 heavy (non-hydrogen) atoms. The highest BCUT2D eigenvalue weighted by Crippen LogP contribution is 2.29. The van der Waals surface area contributed by atoms with Crippen LogP contribution in [0.2, 0.25) is 0 Å². The van der Waals surface area contributed by atoms with E-state index in [4.69, 9.17) is 19.5 Å². The van der Waals surface area contributed by atoms with Crippen LogP contribution in [-0.2, 0) is 9.53 Å². The second-order valence-electron chi connectivity index (χ2n) is 3.57. The van der Waals surface area contributed by atoms with E-state index in [-0.39, 0.29) is 19.0 Å². The molecule has 1 unspecified atom stereocenters. The first-order chi connectivity index (χ1) is 8.24. The normalized spacial score (nSPS) is 18.8. The number of ether oxygens (including phenoxy) is 3. The molecule has 1 aromatic rings. The summed E-state index contributed by atoms with van der Waals surface area (Å²) in [6, 6.07) is 6.81. The lowest BCUT2D eigenvalue weighted by Gasteiger charge is -2.13. The summed E-state index contributed by atoms with van der Waals surface area (Å²) in [7, 11) is 1.50. The van der Waals surface area contributed by atoms with E-state index in [2.05, 4.69) is 0 Å². The largest absolute Gasteiger partial charge is 0.493 e. The van der Waals surface area contributed by atoms with Gasteiger partial charge >= 0.3 is 0 Å². The topological polar surface area (TPSA) is 68.6 Å². The van der Waals surface area contributed by atoms with Crippen LogP contribution in [0.4, 0.5) is 0 Å². The lowest BCUT2D eigenvalue weighted by atomic mass is 10.2. The second-order valence-corrected chi connectivity index (χ2v) is 3.57. The predicted molar refractivity (Wildman–Crippen MR) is 58.0 cm³/mol. The average Bonchev–Trinajstić information content (AvgIpc) is 2.75. The fourth-order valence-electron chi connectivity index (χ4n) is 1.54. The summed E-state index contributed by atoms with van der Waals surface area (Å²) in [5.74, 6) is 0.772. The third-order valence-electron chi connectivity index (χ3n) is 2.43. The minimum Gasteiger partial charge on any atom is -0.493 e. The van der Waals surface area contributed by atoms with Crippen molar-refractivity contribution in [3.63, 3.8) is 0 Å².